The standard InChI is InChI=1S/C26H27N3O3/c1-3-28-15-16-29(25(30)23-9-4-5-14-27-23)24(26(28)31)18-19-7-6-8-21(17-19)20-10-12-22(32-2)13-11-20/h4-14,17,24H,3,15-16,18H2,1-2H3/t24-/m0/s1. The topological polar surface area (TPSA) is 62.7 Å². The Hall–Kier alpha value is -3.67. The predicted molar refractivity (Wildman–Crippen MR) is 123 cm³/mol. The highest BCUT2D eigenvalue weighted by Gasteiger charge is 2.37. The summed E-state index contributed by atoms with van der Waals surface area (Å²) in [6.07, 6.45) is 2.06. The minimum Gasteiger partial charge on any atom is -0.497 e. The van der Waals surface area contributed by atoms with Crippen LogP contribution < -0.4 is 4.74 Å². The lowest BCUT2D eigenvalue weighted by atomic mass is 9.97. The molecule has 0 aliphatic carbocycles. The van der Waals surface area contributed by atoms with Crippen molar-refractivity contribution in [2.24, 2.45) is 0 Å². The molecule has 1 aliphatic heterocycles. The maximum Gasteiger partial charge on any atom is 0.273 e. The van der Waals surface area contributed by atoms with E-state index in [1.807, 2.05) is 54.3 Å². The molecule has 2 amide bonds. The largest absolute Gasteiger partial charge is 0.497 e. The fraction of sp³-hybridized carbons (Fsp3) is 0.269. The highest BCUT2D eigenvalue weighted by Crippen LogP contribution is 2.25. The molecule has 2 heterocycles. The lowest BCUT2D eigenvalue weighted by Gasteiger charge is -2.40. The van der Waals surface area contributed by atoms with Gasteiger partial charge < -0.3 is 14.5 Å². The van der Waals surface area contributed by atoms with Gasteiger partial charge in [-0.15, -0.1) is 0 Å². The first-order chi connectivity index (χ1) is 15.6. The van der Waals surface area contributed by atoms with Gasteiger partial charge >= 0.3 is 0 Å². The number of hydrogen-bond acceptors (Lipinski definition) is 4. The molecule has 2 aromatic carbocycles. The van der Waals surface area contributed by atoms with Gasteiger partial charge in [0.25, 0.3) is 5.91 Å². The molecule has 1 atom stereocenters. The molecule has 6 heteroatoms. The fourth-order valence-electron chi connectivity index (χ4n) is 4.11. The molecule has 1 aliphatic rings. The normalized spacial score (nSPS) is 16.2. The number of piperazine rings is 1. The summed E-state index contributed by atoms with van der Waals surface area (Å²) >= 11 is 0. The average molecular weight is 430 g/mol. The number of rotatable bonds is 6. The van der Waals surface area contributed by atoms with Crippen LogP contribution in [0.3, 0.4) is 0 Å². The van der Waals surface area contributed by atoms with Crippen molar-refractivity contribution in [2.45, 2.75) is 19.4 Å². The molecule has 0 radical (unpaired) electrons. The summed E-state index contributed by atoms with van der Waals surface area (Å²) in [5, 5.41) is 0. The molecule has 1 fully saturated rings. The lowest BCUT2D eigenvalue weighted by Crippen LogP contribution is -2.59. The first-order valence-electron chi connectivity index (χ1n) is 10.8. The van der Waals surface area contributed by atoms with Gasteiger partial charge in [-0.3, -0.25) is 14.6 Å². The second-order valence-electron chi connectivity index (χ2n) is 7.78. The third-order valence-corrected chi connectivity index (χ3v) is 5.89. The van der Waals surface area contributed by atoms with E-state index in [0.717, 1.165) is 22.4 Å². The SMILES string of the molecule is CCN1CCN(C(=O)c2ccccn2)[C@@H](Cc2cccc(-c3ccc(OC)cc3)c2)C1=O. The monoisotopic (exact) mass is 429 g/mol. The number of nitrogens with zero attached hydrogens (tertiary/aromatic N) is 3. The average Bonchev–Trinajstić information content (AvgIpc) is 2.85. The van der Waals surface area contributed by atoms with E-state index in [2.05, 4.69) is 11.1 Å². The predicted octanol–water partition coefficient (Wildman–Crippen LogP) is 3.67. The minimum atomic E-state index is -0.552. The Kier molecular flexibility index (Phi) is 6.50. The lowest BCUT2D eigenvalue weighted by molar-refractivity contribution is -0.139. The highest BCUT2D eigenvalue weighted by atomic mass is 16.5. The molecule has 1 aromatic heterocycles. The second-order valence-corrected chi connectivity index (χ2v) is 7.78. The number of likely N-dealkylation sites (N-methyl/N-ethyl adjacent to an activating group) is 1. The van der Waals surface area contributed by atoms with Crippen molar-refractivity contribution in [3.05, 3.63) is 84.2 Å². The molecule has 0 bridgehead atoms. The van der Waals surface area contributed by atoms with Crippen molar-refractivity contribution in [1.82, 2.24) is 14.8 Å². The first kappa shape index (κ1) is 21.6. The van der Waals surface area contributed by atoms with Crippen molar-refractivity contribution < 1.29 is 14.3 Å². The van der Waals surface area contributed by atoms with Gasteiger partial charge in [0, 0.05) is 32.3 Å². The van der Waals surface area contributed by atoms with Gasteiger partial charge in [-0.25, -0.2) is 0 Å². The van der Waals surface area contributed by atoms with Crippen LogP contribution in [0.25, 0.3) is 11.1 Å². The summed E-state index contributed by atoms with van der Waals surface area (Å²) in [5.41, 5.74) is 3.50. The zero-order valence-electron chi connectivity index (χ0n) is 18.4. The third kappa shape index (κ3) is 4.49. The van der Waals surface area contributed by atoms with Crippen LogP contribution in [0, 0.1) is 0 Å². The van der Waals surface area contributed by atoms with Crippen LogP contribution in [0.15, 0.2) is 72.9 Å². The Labute approximate surface area is 188 Å². The molecule has 4 rings (SSSR count). The maximum absolute atomic E-state index is 13.2. The van der Waals surface area contributed by atoms with Crippen molar-refractivity contribution in [2.75, 3.05) is 26.7 Å². The number of benzene rings is 2. The maximum atomic E-state index is 13.2. The summed E-state index contributed by atoms with van der Waals surface area (Å²) in [5.74, 6) is 0.588. The van der Waals surface area contributed by atoms with Gasteiger partial charge in [-0.1, -0.05) is 42.5 Å². The van der Waals surface area contributed by atoms with Crippen LogP contribution in [-0.4, -0.2) is 59.4 Å². The van der Waals surface area contributed by atoms with Crippen molar-refractivity contribution in [3.8, 4) is 16.9 Å². The molecule has 0 spiro atoms. The van der Waals surface area contributed by atoms with E-state index in [1.165, 1.54) is 0 Å². The number of aromatic nitrogens is 1. The smallest absolute Gasteiger partial charge is 0.273 e. The summed E-state index contributed by atoms with van der Waals surface area (Å²) in [7, 11) is 1.65. The van der Waals surface area contributed by atoms with Crippen LogP contribution in [0.4, 0.5) is 0 Å². The van der Waals surface area contributed by atoms with Crippen LogP contribution in [0.1, 0.15) is 23.0 Å². The molecule has 6 nitrogen and oxygen atoms in total. The molecule has 32 heavy (non-hydrogen) atoms. The molecule has 3 aromatic rings. The number of carbonyl (C=O) groups excluding carboxylic acids is 2. The van der Waals surface area contributed by atoms with E-state index in [9.17, 15) is 9.59 Å². The van der Waals surface area contributed by atoms with Crippen LogP contribution >= 0.6 is 0 Å². The summed E-state index contributed by atoms with van der Waals surface area (Å²) in [6.45, 7) is 3.64. The number of amides is 2. The molecule has 1 saturated heterocycles. The number of pyridine rings is 1. The van der Waals surface area contributed by atoms with E-state index >= 15 is 0 Å². The van der Waals surface area contributed by atoms with Crippen molar-refractivity contribution in [3.63, 3.8) is 0 Å². The molecular weight excluding hydrogens is 402 g/mol. The molecule has 0 N–H and O–H groups in total. The Bertz CT molecular complexity index is 1080. The molecular formula is C26H27N3O3. The zero-order valence-corrected chi connectivity index (χ0v) is 18.4. The third-order valence-electron chi connectivity index (χ3n) is 5.89. The van der Waals surface area contributed by atoms with Crippen LogP contribution in [0.5, 0.6) is 5.75 Å². The summed E-state index contributed by atoms with van der Waals surface area (Å²) in [6, 6.07) is 20.7. The van der Waals surface area contributed by atoms with E-state index in [-0.39, 0.29) is 11.8 Å². The van der Waals surface area contributed by atoms with Crippen molar-refractivity contribution >= 4 is 11.8 Å². The summed E-state index contributed by atoms with van der Waals surface area (Å²) in [4.78, 5) is 34.1. The zero-order chi connectivity index (χ0) is 22.5. The number of ether oxygens (including phenoxy) is 1. The second kappa shape index (κ2) is 9.64. The number of methoxy groups -OCH3 is 1. The molecule has 0 unspecified atom stereocenters. The van der Waals surface area contributed by atoms with Gasteiger partial charge in [0.1, 0.15) is 17.5 Å². The number of carbonyl (C=O) groups is 2. The van der Waals surface area contributed by atoms with E-state index in [4.69, 9.17) is 4.74 Å². The van der Waals surface area contributed by atoms with Gasteiger partial charge in [-0.2, -0.15) is 0 Å². The molecule has 0 saturated carbocycles. The van der Waals surface area contributed by atoms with Crippen molar-refractivity contribution in [1.29, 1.82) is 0 Å². The first-order valence-corrected chi connectivity index (χ1v) is 10.8. The van der Waals surface area contributed by atoms with Gasteiger partial charge in [0.05, 0.1) is 7.11 Å². The Morgan fingerprint density at radius 2 is 1.84 bits per heavy atom. The van der Waals surface area contributed by atoms with Crippen LogP contribution in [-0.2, 0) is 11.2 Å². The van der Waals surface area contributed by atoms with Gasteiger partial charge in [-0.05, 0) is 47.9 Å². The molecule has 164 valence electrons. The van der Waals surface area contributed by atoms with E-state index < -0.39 is 6.04 Å². The Morgan fingerprint density at radius 3 is 2.53 bits per heavy atom. The van der Waals surface area contributed by atoms with Gasteiger partial charge in [0.2, 0.25) is 5.91 Å². The minimum absolute atomic E-state index is 0.0159. The number of hydrogen-bond donors (Lipinski definition) is 0. The fourth-order valence-corrected chi connectivity index (χ4v) is 4.11. The highest BCUT2D eigenvalue weighted by molar-refractivity contribution is 5.97. The van der Waals surface area contributed by atoms with E-state index in [0.29, 0.717) is 31.7 Å². The quantitative estimate of drug-likeness (QED) is 0.600. The van der Waals surface area contributed by atoms with Crippen LogP contribution in [0.2, 0.25) is 0 Å². The van der Waals surface area contributed by atoms with E-state index in [1.54, 1.807) is 36.4 Å². The summed E-state index contributed by atoms with van der Waals surface area (Å²) < 4.78 is 5.25. The Morgan fingerprint density at radius 1 is 1.03 bits per heavy atom. The Balaban J connectivity index is 1.61. The van der Waals surface area contributed by atoms with Gasteiger partial charge in [0.15, 0.2) is 0 Å².